The molecule has 0 radical (unpaired) electrons. The number of ether oxygens (including phenoxy) is 2. The third kappa shape index (κ3) is 5.12. The van der Waals surface area contributed by atoms with Gasteiger partial charge >= 0.3 is 11.4 Å². The van der Waals surface area contributed by atoms with E-state index in [2.05, 4.69) is 69.0 Å². The molecule has 1 saturated heterocycles. The number of unbranched alkanes of at least 4 members (excludes halogenated alkanes) is 3. The molecule has 8 atom stereocenters. The molecule has 2 aliphatic heterocycles. The van der Waals surface area contributed by atoms with E-state index in [-0.39, 0.29) is 34.0 Å². The predicted octanol–water partition coefficient (Wildman–Crippen LogP) is 7.84. The summed E-state index contributed by atoms with van der Waals surface area (Å²) in [4.78, 5) is 2.83. The van der Waals surface area contributed by atoms with E-state index in [4.69, 9.17) is 17.8 Å². The third-order valence-electron chi connectivity index (χ3n) is 14.4. The fraction of sp³-hybridized carbons (Fsp3) is 0.707. The molecule has 5 aliphatic carbocycles. The van der Waals surface area contributed by atoms with Crippen molar-refractivity contribution >= 4 is 11.4 Å². The van der Waals surface area contributed by atoms with E-state index in [1.807, 2.05) is 13.2 Å². The maximum atomic E-state index is 13.8. The average molecular weight is 692 g/mol. The van der Waals surface area contributed by atoms with Crippen LogP contribution in [0.4, 0.5) is 0 Å². The van der Waals surface area contributed by atoms with Crippen molar-refractivity contribution in [1.82, 2.24) is 4.90 Å². The Hall–Kier alpha value is -1.97. The molecule has 0 aromatic heterocycles. The summed E-state index contributed by atoms with van der Waals surface area (Å²) in [6.07, 6.45) is 12.5. The third-order valence-corrected chi connectivity index (χ3v) is 15.3. The second-order valence-electron chi connectivity index (χ2n) is 17.5. The average Bonchev–Trinajstić information content (AvgIpc) is 3.83. The fourth-order valence-electron chi connectivity index (χ4n) is 11.5. The van der Waals surface area contributed by atoms with Gasteiger partial charge in [0, 0.05) is 42.0 Å². The number of hydrogen-bond donors (Lipinski definition) is 1. The van der Waals surface area contributed by atoms with Gasteiger partial charge in [-0.2, -0.15) is 4.21 Å². The monoisotopic (exact) mass is 691 g/mol. The zero-order chi connectivity index (χ0) is 34.2. The summed E-state index contributed by atoms with van der Waals surface area (Å²) < 4.78 is 40.3. The standard InChI is InChI=1S/C41H57NO6S/c1-37(2,3)38(4,48-49(44)46-24-12-7-6-9-13-28-14-10-8-11-15-28)32-26-39-20-21-41(32,45-5)36-40(39)22-23-42(27-29-16-17-29)33(39)25-30-18-19-31(43)35(47-36)34(30)40/h8,10-11,14-15,18-19,29,32-33,36,43H,6-7,9,12-13,16-17,20-27H2,1-5H3. The van der Waals surface area contributed by atoms with Gasteiger partial charge in [0.05, 0.1) is 12.2 Å². The van der Waals surface area contributed by atoms with Gasteiger partial charge in [0.25, 0.3) is 0 Å². The van der Waals surface area contributed by atoms with Crippen LogP contribution in [0.25, 0.3) is 0 Å². The second kappa shape index (κ2) is 12.3. The molecule has 5 fully saturated rings. The summed E-state index contributed by atoms with van der Waals surface area (Å²) in [6.45, 7) is 11.4. The summed E-state index contributed by atoms with van der Waals surface area (Å²) in [6, 6.07) is 15.0. The lowest BCUT2D eigenvalue weighted by molar-refractivity contribution is -0.308. The van der Waals surface area contributed by atoms with Gasteiger partial charge < -0.3 is 14.6 Å². The second-order valence-corrected chi connectivity index (χ2v) is 18.3. The lowest BCUT2D eigenvalue weighted by atomic mass is 9.33. The number of piperidine rings is 1. The number of benzene rings is 2. The Morgan fingerprint density at radius 1 is 1.00 bits per heavy atom. The van der Waals surface area contributed by atoms with Crippen LogP contribution in [-0.4, -0.2) is 64.4 Å². The Kier molecular flexibility index (Phi) is 8.58. The molecule has 4 saturated carbocycles. The highest BCUT2D eigenvalue weighted by Crippen LogP contribution is 2.78. The summed E-state index contributed by atoms with van der Waals surface area (Å²) in [5, 5.41) is 11.3. The smallest absolute Gasteiger partial charge is 0.305 e. The minimum absolute atomic E-state index is 0.0558. The van der Waals surface area contributed by atoms with Crippen molar-refractivity contribution in [3.63, 3.8) is 0 Å². The molecule has 7 nitrogen and oxygen atoms in total. The van der Waals surface area contributed by atoms with Gasteiger partial charge in [0.1, 0.15) is 11.7 Å². The van der Waals surface area contributed by atoms with Crippen LogP contribution in [-0.2, 0) is 42.7 Å². The van der Waals surface area contributed by atoms with E-state index >= 15 is 0 Å². The molecular weight excluding hydrogens is 635 g/mol. The number of rotatable bonds is 14. The molecule has 268 valence electrons. The van der Waals surface area contributed by atoms with Gasteiger partial charge in [-0.15, -0.1) is 0 Å². The van der Waals surface area contributed by atoms with Crippen molar-refractivity contribution in [2.75, 3.05) is 26.8 Å². The Bertz CT molecular complexity index is 1570. The molecule has 8 unspecified atom stereocenters. The van der Waals surface area contributed by atoms with E-state index in [0.29, 0.717) is 18.4 Å². The van der Waals surface area contributed by atoms with Crippen molar-refractivity contribution in [2.24, 2.45) is 22.7 Å². The first-order chi connectivity index (χ1) is 23.5. The topological polar surface area (TPSA) is 77.5 Å². The van der Waals surface area contributed by atoms with Crippen LogP contribution in [0.3, 0.4) is 0 Å². The number of phenolic OH excluding ortho intramolecular Hbond substituents is 1. The zero-order valence-electron chi connectivity index (χ0n) is 30.3. The maximum absolute atomic E-state index is 13.8. The van der Waals surface area contributed by atoms with E-state index in [9.17, 15) is 9.32 Å². The molecule has 7 aliphatic rings. The minimum Gasteiger partial charge on any atom is -0.504 e. The molecule has 0 amide bonds. The number of fused-ring (bicyclic) bond motifs is 2. The van der Waals surface area contributed by atoms with Crippen LogP contribution in [0.2, 0.25) is 0 Å². The Morgan fingerprint density at radius 2 is 1.78 bits per heavy atom. The van der Waals surface area contributed by atoms with Crippen LogP contribution >= 0.6 is 0 Å². The maximum Gasteiger partial charge on any atom is 0.305 e. The molecule has 2 spiro atoms. The highest BCUT2D eigenvalue weighted by molar-refractivity contribution is 7.75. The predicted molar refractivity (Wildman–Crippen MR) is 192 cm³/mol. The number of likely N-dealkylation sites (tertiary alicyclic amines) is 1. The SMILES string of the molecule is COC12CCC3(CC1C(C)(OS(=O)OCCCCCCc1ccccc1)C(C)(C)C)C1Cc4ccc(O)c5c4C3(CCN1CC1CC1)C2O5. The molecule has 49 heavy (non-hydrogen) atoms. The van der Waals surface area contributed by atoms with E-state index in [1.165, 1.54) is 36.1 Å². The molecule has 1 N–H and O–H groups in total. The minimum atomic E-state index is -1.91. The van der Waals surface area contributed by atoms with Crippen LogP contribution in [0.1, 0.15) is 109 Å². The van der Waals surface area contributed by atoms with Crippen molar-refractivity contribution < 1.29 is 27.2 Å². The normalized spacial score (nSPS) is 34.7. The van der Waals surface area contributed by atoms with Crippen LogP contribution in [0.15, 0.2) is 42.5 Å². The highest BCUT2D eigenvalue weighted by atomic mass is 32.2. The highest BCUT2D eigenvalue weighted by Gasteiger charge is 2.82. The van der Waals surface area contributed by atoms with Crippen LogP contribution in [0.5, 0.6) is 11.5 Å². The number of methoxy groups -OCH3 is 1. The molecular formula is C41H57NO6S. The quantitative estimate of drug-likeness (QED) is 0.202. The molecule has 2 aromatic carbocycles. The van der Waals surface area contributed by atoms with Crippen molar-refractivity contribution in [1.29, 1.82) is 0 Å². The van der Waals surface area contributed by atoms with Crippen LogP contribution in [0, 0.1) is 22.7 Å². The lowest BCUT2D eigenvalue weighted by Crippen LogP contribution is -2.83. The van der Waals surface area contributed by atoms with Gasteiger partial charge in [0.15, 0.2) is 11.5 Å². The molecule has 2 heterocycles. The van der Waals surface area contributed by atoms with Crippen molar-refractivity contribution in [3.05, 3.63) is 59.2 Å². The van der Waals surface area contributed by atoms with Crippen molar-refractivity contribution in [2.45, 2.75) is 134 Å². The van der Waals surface area contributed by atoms with E-state index in [1.54, 1.807) is 0 Å². The van der Waals surface area contributed by atoms with E-state index < -0.39 is 22.6 Å². The van der Waals surface area contributed by atoms with Crippen LogP contribution < -0.4 is 4.74 Å². The number of aromatic hydroxyl groups is 1. The Morgan fingerprint density at radius 3 is 2.51 bits per heavy atom. The summed E-state index contributed by atoms with van der Waals surface area (Å²) in [7, 11) is 1.84. The van der Waals surface area contributed by atoms with Gasteiger partial charge in [0.2, 0.25) is 0 Å². The first-order valence-corrected chi connectivity index (χ1v) is 20.1. The molecule has 8 heteroatoms. The van der Waals surface area contributed by atoms with Crippen molar-refractivity contribution in [3.8, 4) is 11.5 Å². The van der Waals surface area contributed by atoms with Gasteiger partial charge in [-0.05, 0) is 106 Å². The zero-order valence-corrected chi connectivity index (χ0v) is 31.1. The van der Waals surface area contributed by atoms with Gasteiger partial charge in [-0.3, -0.25) is 13.3 Å². The van der Waals surface area contributed by atoms with Gasteiger partial charge in [-0.25, -0.2) is 0 Å². The van der Waals surface area contributed by atoms with Gasteiger partial charge in [-0.1, -0.05) is 70.0 Å². The Labute approximate surface area is 296 Å². The fourth-order valence-corrected chi connectivity index (χ4v) is 12.4. The Balaban J connectivity index is 1.06. The first kappa shape index (κ1) is 34.1. The number of hydrogen-bond acceptors (Lipinski definition) is 7. The number of nitrogens with zero attached hydrogens (tertiary/aromatic N) is 1. The molecule has 4 bridgehead atoms. The summed E-state index contributed by atoms with van der Waals surface area (Å²) >= 11 is -1.91. The summed E-state index contributed by atoms with van der Waals surface area (Å²) in [5.41, 5.74) is 1.81. The summed E-state index contributed by atoms with van der Waals surface area (Å²) in [5.74, 6) is 1.64. The molecule has 9 rings (SSSR count). The van der Waals surface area contributed by atoms with E-state index in [0.717, 1.165) is 76.7 Å². The number of aryl methyl sites for hydroxylation is 1. The first-order valence-electron chi connectivity index (χ1n) is 19.1. The lowest BCUT2D eigenvalue weighted by Gasteiger charge is -2.75. The number of phenols is 1. The molecule has 2 aromatic rings. The largest absolute Gasteiger partial charge is 0.504 e.